The second-order valence-corrected chi connectivity index (χ2v) is 4.68. The Morgan fingerprint density at radius 1 is 1.45 bits per heavy atom. The smallest absolute Gasteiger partial charge is 0.216 e. The lowest BCUT2D eigenvalue weighted by Gasteiger charge is -2.08. The number of hydrogen-bond acceptors (Lipinski definition) is 6. The van der Waals surface area contributed by atoms with Gasteiger partial charge in [-0.25, -0.2) is 0 Å². The van der Waals surface area contributed by atoms with Crippen LogP contribution in [0.3, 0.4) is 0 Å². The van der Waals surface area contributed by atoms with Crippen LogP contribution in [0.1, 0.15) is 11.4 Å². The third-order valence-electron chi connectivity index (χ3n) is 2.28. The first-order valence-electron chi connectivity index (χ1n) is 5.16. The summed E-state index contributed by atoms with van der Waals surface area (Å²) < 4.78 is 0.656. The monoisotopic (exact) mass is 349 g/mol. The number of nitrogens with zero attached hydrogens (tertiary/aromatic N) is 5. The van der Waals surface area contributed by atoms with E-state index in [9.17, 15) is 0 Å². The van der Waals surface area contributed by atoms with Crippen molar-refractivity contribution in [3.05, 3.63) is 39.2 Å². The molecular weight excluding hydrogens is 346 g/mol. The number of nitriles is 2. The number of aromatic nitrogens is 4. The van der Waals surface area contributed by atoms with E-state index in [4.69, 9.17) is 22.1 Å². The summed E-state index contributed by atoms with van der Waals surface area (Å²) >= 11 is 9.40. The van der Waals surface area contributed by atoms with Crippen LogP contribution in [0.25, 0.3) is 5.57 Å². The molecule has 2 N–H and O–H groups in total. The van der Waals surface area contributed by atoms with E-state index in [-0.39, 0.29) is 16.4 Å². The highest BCUT2D eigenvalue weighted by atomic mass is 79.9. The highest BCUT2D eigenvalue weighted by Crippen LogP contribution is 2.33. The van der Waals surface area contributed by atoms with E-state index < -0.39 is 0 Å². The number of tetrazole rings is 1. The Morgan fingerprint density at radius 2 is 2.25 bits per heavy atom. The summed E-state index contributed by atoms with van der Waals surface area (Å²) in [7, 11) is 0. The predicted molar refractivity (Wildman–Crippen MR) is 75.3 cm³/mol. The number of halogens is 2. The molecule has 20 heavy (non-hydrogen) atoms. The Kier molecular flexibility index (Phi) is 4.31. The predicted octanol–water partition coefficient (Wildman–Crippen LogP) is 2.46. The molecule has 0 aliphatic carbocycles. The molecule has 1 aromatic carbocycles. The largest absolute Gasteiger partial charge is 0.358 e. The van der Waals surface area contributed by atoms with Crippen LogP contribution in [0.15, 0.2) is 22.8 Å². The first kappa shape index (κ1) is 14.0. The van der Waals surface area contributed by atoms with Crippen molar-refractivity contribution < 1.29 is 0 Å². The molecule has 98 valence electrons. The number of hydrogen-bond donors (Lipinski definition) is 2. The molecule has 0 bridgehead atoms. The van der Waals surface area contributed by atoms with E-state index in [1.165, 1.54) is 6.20 Å². The molecule has 7 nitrogen and oxygen atoms in total. The fourth-order valence-electron chi connectivity index (χ4n) is 1.34. The van der Waals surface area contributed by atoms with E-state index >= 15 is 0 Å². The molecule has 0 spiro atoms. The summed E-state index contributed by atoms with van der Waals surface area (Å²) in [5, 5.41) is 34.1. The van der Waals surface area contributed by atoms with Crippen LogP contribution in [-0.2, 0) is 0 Å². The summed E-state index contributed by atoms with van der Waals surface area (Å²) in [6, 6.07) is 7.18. The van der Waals surface area contributed by atoms with Gasteiger partial charge in [-0.2, -0.15) is 15.7 Å². The Balaban J connectivity index is 2.36. The van der Waals surface area contributed by atoms with Gasteiger partial charge in [-0.3, -0.25) is 0 Å². The maximum atomic E-state index is 9.04. The topological polar surface area (TPSA) is 114 Å². The first-order valence-corrected chi connectivity index (χ1v) is 6.33. The van der Waals surface area contributed by atoms with E-state index in [1.807, 2.05) is 12.1 Å². The van der Waals surface area contributed by atoms with E-state index in [2.05, 4.69) is 41.9 Å². The molecule has 0 atom stereocenters. The number of benzene rings is 1. The molecular formula is C11H5BrClN7. The van der Waals surface area contributed by atoms with Gasteiger partial charge in [0.1, 0.15) is 17.7 Å². The van der Waals surface area contributed by atoms with Crippen molar-refractivity contribution in [3.8, 4) is 12.1 Å². The molecule has 0 radical (unpaired) electrons. The standard InChI is InChI=1S/C11H5BrClN7/c12-8-2-1-6(3-14)9(13)10(8)16-5-7(4-15)11-17-19-20-18-11/h1-2,5,16H,(H,17,18,19,20). The molecule has 0 aliphatic heterocycles. The van der Waals surface area contributed by atoms with Gasteiger partial charge in [-0.05, 0) is 33.3 Å². The van der Waals surface area contributed by atoms with Crippen molar-refractivity contribution >= 4 is 38.8 Å². The van der Waals surface area contributed by atoms with Crippen LogP contribution < -0.4 is 5.32 Å². The van der Waals surface area contributed by atoms with Crippen molar-refractivity contribution in [2.45, 2.75) is 0 Å². The van der Waals surface area contributed by atoms with Crippen molar-refractivity contribution in [2.24, 2.45) is 0 Å². The van der Waals surface area contributed by atoms with Gasteiger partial charge in [0.15, 0.2) is 0 Å². The quantitative estimate of drug-likeness (QED) is 0.822. The van der Waals surface area contributed by atoms with Crippen LogP contribution in [0.4, 0.5) is 5.69 Å². The van der Waals surface area contributed by atoms with E-state index in [0.29, 0.717) is 15.7 Å². The molecule has 2 rings (SSSR count). The zero-order chi connectivity index (χ0) is 14.5. The highest BCUT2D eigenvalue weighted by Gasteiger charge is 2.11. The lowest BCUT2D eigenvalue weighted by molar-refractivity contribution is 0.881. The van der Waals surface area contributed by atoms with Crippen molar-refractivity contribution in [1.82, 2.24) is 20.6 Å². The Bertz CT molecular complexity index is 739. The van der Waals surface area contributed by atoms with Gasteiger partial charge in [0.2, 0.25) is 5.82 Å². The first-order chi connectivity index (χ1) is 9.67. The van der Waals surface area contributed by atoms with Crippen LogP contribution in [0, 0.1) is 22.7 Å². The van der Waals surface area contributed by atoms with Crippen molar-refractivity contribution in [1.29, 1.82) is 10.5 Å². The normalized spacial score (nSPS) is 10.7. The zero-order valence-electron chi connectivity index (χ0n) is 9.72. The molecule has 0 unspecified atom stereocenters. The number of H-pyrrole nitrogens is 1. The molecule has 1 heterocycles. The zero-order valence-corrected chi connectivity index (χ0v) is 12.1. The van der Waals surface area contributed by atoms with Gasteiger partial charge < -0.3 is 5.32 Å². The Labute approximate surface area is 127 Å². The minimum Gasteiger partial charge on any atom is -0.358 e. The van der Waals surface area contributed by atoms with Crippen LogP contribution >= 0.6 is 27.5 Å². The van der Waals surface area contributed by atoms with Crippen molar-refractivity contribution in [3.63, 3.8) is 0 Å². The Morgan fingerprint density at radius 3 is 2.85 bits per heavy atom. The Hall–Kier alpha value is -2.42. The third kappa shape index (κ3) is 2.77. The SMILES string of the molecule is N#CC(=CNc1c(Br)ccc(C#N)c1Cl)c1nn[nH]n1. The number of allylic oxidation sites excluding steroid dienone is 1. The van der Waals surface area contributed by atoms with Gasteiger partial charge >= 0.3 is 0 Å². The molecule has 0 fully saturated rings. The second kappa shape index (κ2) is 6.15. The molecule has 2 aromatic rings. The summed E-state index contributed by atoms with van der Waals surface area (Å²) in [5.41, 5.74) is 0.967. The molecule has 0 saturated heterocycles. The van der Waals surface area contributed by atoms with Gasteiger partial charge in [0.25, 0.3) is 0 Å². The van der Waals surface area contributed by atoms with Gasteiger partial charge in [-0.1, -0.05) is 11.6 Å². The molecule has 0 amide bonds. The van der Waals surface area contributed by atoms with E-state index in [0.717, 1.165) is 0 Å². The number of nitrogens with one attached hydrogen (secondary N) is 2. The molecule has 0 aliphatic rings. The van der Waals surface area contributed by atoms with Crippen molar-refractivity contribution in [2.75, 3.05) is 5.32 Å². The number of aromatic amines is 1. The van der Waals surface area contributed by atoms with Gasteiger partial charge in [0, 0.05) is 10.7 Å². The molecule has 1 aromatic heterocycles. The fourth-order valence-corrected chi connectivity index (χ4v) is 2.16. The summed E-state index contributed by atoms with van der Waals surface area (Å²) in [4.78, 5) is 0. The third-order valence-corrected chi connectivity index (χ3v) is 3.33. The minimum absolute atomic E-state index is 0.156. The fraction of sp³-hybridized carbons (Fsp3) is 0. The number of anilines is 1. The average molecular weight is 351 g/mol. The lowest BCUT2D eigenvalue weighted by Crippen LogP contribution is -1.96. The van der Waals surface area contributed by atoms with Crippen LogP contribution in [0.2, 0.25) is 5.02 Å². The second-order valence-electron chi connectivity index (χ2n) is 3.45. The van der Waals surface area contributed by atoms with Crippen LogP contribution in [0.5, 0.6) is 0 Å². The maximum absolute atomic E-state index is 9.04. The molecule has 9 heteroatoms. The summed E-state index contributed by atoms with van der Waals surface area (Å²) in [6.45, 7) is 0. The molecule has 0 saturated carbocycles. The highest BCUT2D eigenvalue weighted by molar-refractivity contribution is 9.10. The van der Waals surface area contributed by atoms with Gasteiger partial charge in [-0.15, -0.1) is 10.2 Å². The summed E-state index contributed by atoms with van der Waals surface area (Å²) in [6.07, 6.45) is 1.39. The summed E-state index contributed by atoms with van der Waals surface area (Å²) in [5.74, 6) is 0.156. The van der Waals surface area contributed by atoms with Crippen LogP contribution in [-0.4, -0.2) is 20.6 Å². The maximum Gasteiger partial charge on any atom is 0.216 e. The lowest BCUT2D eigenvalue weighted by atomic mass is 10.2. The van der Waals surface area contributed by atoms with Gasteiger partial charge in [0.05, 0.1) is 16.3 Å². The average Bonchev–Trinajstić information content (AvgIpc) is 2.97. The minimum atomic E-state index is 0.156. The number of rotatable bonds is 3. The van der Waals surface area contributed by atoms with E-state index in [1.54, 1.807) is 12.1 Å².